The van der Waals surface area contributed by atoms with E-state index in [9.17, 15) is 18.0 Å². The summed E-state index contributed by atoms with van der Waals surface area (Å²) in [6.45, 7) is 4.99. The summed E-state index contributed by atoms with van der Waals surface area (Å²) in [6.07, 6.45) is 1.01. The van der Waals surface area contributed by atoms with Gasteiger partial charge in [-0.25, -0.2) is 4.79 Å². The number of halogens is 3. The predicted octanol–water partition coefficient (Wildman–Crippen LogP) is 1.06. The number of nitrogens with zero attached hydrogens (tertiary/aromatic N) is 3. The third-order valence-electron chi connectivity index (χ3n) is 5.51. The average molecular weight is 446 g/mol. The van der Waals surface area contributed by atoms with Crippen molar-refractivity contribution in [1.82, 2.24) is 20.2 Å². The molecule has 0 radical (unpaired) electrons. The monoisotopic (exact) mass is 446 g/mol. The second-order valence-corrected chi connectivity index (χ2v) is 7.68. The molecular weight excluding hydrogens is 421 g/mol. The Hall–Kier alpha value is -2.31. The Balaban J connectivity index is 0.000000339. The number of aliphatic carboxylic acids is 1. The van der Waals surface area contributed by atoms with Gasteiger partial charge in [-0.3, -0.25) is 19.7 Å². The lowest BCUT2D eigenvalue weighted by Crippen LogP contribution is -2.42. The first kappa shape index (κ1) is 23.4. The molecule has 0 spiro atoms. The van der Waals surface area contributed by atoms with Crippen LogP contribution in [0.2, 0.25) is 0 Å². The van der Waals surface area contributed by atoms with Gasteiger partial charge in [-0.05, 0) is 19.8 Å². The van der Waals surface area contributed by atoms with Gasteiger partial charge in [-0.2, -0.15) is 13.2 Å². The van der Waals surface area contributed by atoms with Crippen LogP contribution in [0.4, 0.5) is 13.2 Å². The molecule has 3 aliphatic rings. The minimum atomic E-state index is -5.08. The number of carboxylic acid groups (broad SMARTS) is 1. The van der Waals surface area contributed by atoms with Crippen LogP contribution in [0, 0.1) is 6.92 Å². The van der Waals surface area contributed by atoms with Gasteiger partial charge in [0.1, 0.15) is 6.10 Å². The van der Waals surface area contributed by atoms with Crippen molar-refractivity contribution >= 4 is 11.9 Å². The fourth-order valence-corrected chi connectivity index (χ4v) is 3.99. The Bertz CT molecular complexity index is 771. The van der Waals surface area contributed by atoms with Crippen molar-refractivity contribution in [2.75, 3.05) is 19.8 Å². The van der Waals surface area contributed by atoms with Crippen molar-refractivity contribution in [3.8, 4) is 0 Å². The highest BCUT2D eigenvalue weighted by Gasteiger charge is 2.47. The number of hydrogen-bond acceptors (Lipinski definition) is 7. The largest absolute Gasteiger partial charge is 0.490 e. The number of likely N-dealkylation sites (tertiary alicyclic amines) is 1. The van der Waals surface area contributed by atoms with Gasteiger partial charge in [-0.1, -0.05) is 0 Å². The number of nitrogens with one attached hydrogen (secondary N) is 1. The van der Waals surface area contributed by atoms with E-state index in [1.54, 1.807) is 12.4 Å². The summed E-state index contributed by atoms with van der Waals surface area (Å²) in [4.78, 5) is 32.3. The molecule has 4 atom stereocenters. The number of fused-ring (bicyclic) bond motifs is 1. The highest BCUT2D eigenvalue weighted by molar-refractivity contribution is 5.81. The number of hydrogen-bond donors (Lipinski definition) is 2. The predicted molar refractivity (Wildman–Crippen MR) is 99.9 cm³/mol. The zero-order valence-corrected chi connectivity index (χ0v) is 17.0. The van der Waals surface area contributed by atoms with E-state index in [2.05, 4.69) is 20.2 Å². The van der Waals surface area contributed by atoms with E-state index < -0.39 is 12.1 Å². The molecule has 172 valence electrons. The van der Waals surface area contributed by atoms with Gasteiger partial charge in [-0.15, -0.1) is 0 Å². The van der Waals surface area contributed by atoms with Gasteiger partial charge < -0.3 is 19.9 Å². The Morgan fingerprint density at radius 3 is 2.61 bits per heavy atom. The maximum Gasteiger partial charge on any atom is 0.490 e. The first-order chi connectivity index (χ1) is 14.6. The highest BCUT2D eigenvalue weighted by Crippen LogP contribution is 2.35. The molecule has 12 heteroatoms. The molecule has 4 rings (SSSR count). The van der Waals surface area contributed by atoms with E-state index in [-0.39, 0.29) is 18.1 Å². The number of carboxylic acids is 1. The van der Waals surface area contributed by atoms with Gasteiger partial charge in [0.2, 0.25) is 5.91 Å². The van der Waals surface area contributed by atoms with E-state index in [0.717, 1.165) is 50.4 Å². The highest BCUT2D eigenvalue weighted by atomic mass is 19.4. The number of aryl methyl sites for hydroxylation is 1. The standard InChI is InChI=1S/C17H24N4O3.C2HF3O2/c1-11-7-19-12(8-18-11)9-20-17(22)16-6-14-15(24-16)2-4-21(14)13-3-5-23-10-13;3-2(4,5)1(6)7/h7-8,13-16H,2-6,9-10H2,1H3,(H,20,22);(H,6,7)/t13?,14-,15-,16-;/m0./s1. The molecule has 3 saturated heterocycles. The molecule has 9 nitrogen and oxygen atoms in total. The summed E-state index contributed by atoms with van der Waals surface area (Å²) in [5.74, 6) is -2.80. The van der Waals surface area contributed by atoms with Gasteiger partial charge in [0.05, 0.1) is 36.8 Å². The summed E-state index contributed by atoms with van der Waals surface area (Å²) < 4.78 is 43.3. The minimum Gasteiger partial charge on any atom is -0.475 e. The SMILES string of the molecule is Cc1cnc(CNC(=O)[C@@H]2C[C@H]3[C@H](CCN3C3CCOC3)O2)cn1.O=C(O)C(F)(F)F. The fourth-order valence-electron chi connectivity index (χ4n) is 3.99. The third-order valence-corrected chi connectivity index (χ3v) is 5.51. The maximum absolute atomic E-state index is 12.4. The number of carbonyl (C=O) groups is 2. The summed E-state index contributed by atoms with van der Waals surface area (Å²) in [6, 6.07) is 0.847. The fraction of sp³-hybridized carbons (Fsp3) is 0.684. The molecule has 3 aliphatic heterocycles. The van der Waals surface area contributed by atoms with Gasteiger partial charge in [0, 0.05) is 37.9 Å². The van der Waals surface area contributed by atoms with Gasteiger partial charge >= 0.3 is 12.1 Å². The van der Waals surface area contributed by atoms with E-state index in [1.165, 1.54) is 0 Å². The first-order valence-corrected chi connectivity index (χ1v) is 9.99. The van der Waals surface area contributed by atoms with Gasteiger partial charge in [0.25, 0.3) is 0 Å². The third kappa shape index (κ3) is 6.11. The number of rotatable bonds is 4. The molecular formula is C19H25F3N4O5. The smallest absolute Gasteiger partial charge is 0.475 e. The topological polar surface area (TPSA) is 114 Å². The second-order valence-electron chi connectivity index (χ2n) is 7.68. The molecule has 1 aromatic rings. The maximum atomic E-state index is 12.4. The molecule has 1 amide bonds. The second kappa shape index (κ2) is 9.88. The molecule has 4 heterocycles. The van der Waals surface area contributed by atoms with Crippen molar-refractivity contribution in [2.24, 2.45) is 0 Å². The first-order valence-electron chi connectivity index (χ1n) is 9.99. The molecule has 0 aliphatic carbocycles. The molecule has 2 N–H and O–H groups in total. The van der Waals surface area contributed by atoms with Gasteiger partial charge in [0.15, 0.2) is 0 Å². The summed E-state index contributed by atoms with van der Waals surface area (Å²) in [5.41, 5.74) is 1.63. The average Bonchev–Trinajstić information content (AvgIpc) is 3.44. The number of amides is 1. The van der Waals surface area contributed by atoms with Crippen LogP contribution in [0.1, 0.15) is 30.7 Å². The van der Waals surface area contributed by atoms with Crippen molar-refractivity contribution in [3.63, 3.8) is 0 Å². The van der Waals surface area contributed by atoms with Crippen LogP contribution >= 0.6 is 0 Å². The van der Waals surface area contributed by atoms with E-state index >= 15 is 0 Å². The Morgan fingerprint density at radius 2 is 2.03 bits per heavy atom. The van der Waals surface area contributed by atoms with Crippen LogP contribution < -0.4 is 5.32 Å². The Morgan fingerprint density at radius 1 is 1.29 bits per heavy atom. The van der Waals surface area contributed by atoms with E-state index in [0.29, 0.717) is 18.6 Å². The summed E-state index contributed by atoms with van der Waals surface area (Å²) in [5, 5.41) is 10.0. The van der Waals surface area contributed by atoms with Crippen molar-refractivity contribution in [1.29, 1.82) is 0 Å². The zero-order valence-electron chi connectivity index (χ0n) is 17.0. The number of carbonyl (C=O) groups excluding carboxylic acids is 1. The molecule has 1 aromatic heterocycles. The normalized spacial score (nSPS) is 28.0. The number of aromatic nitrogens is 2. The quantitative estimate of drug-likeness (QED) is 0.706. The molecule has 0 bridgehead atoms. The Labute approximate surface area is 176 Å². The number of ether oxygens (including phenoxy) is 2. The minimum absolute atomic E-state index is 0.0469. The van der Waals surface area contributed by atoms with E-state index in [4.69, 9.17) is 19.4 Å². The zero-order chi connectivity index (χ0) is 22.6. The van der Waals surface area contributed by atoms with Crippen LogP contribution in [0.5, 0.6) is 0 Å². The van der Waals surface area contributed by atoms with Crippen LogP contribution in [-0.4, -0.2) is 82.1 Å². The van der Waals surface area contributed by atoms with Crippen LogP contribution in [0.25, 0.3) is 0 Å². The molecule has 3 fully saturated rings. The van der Waals surface area contributed by atoms with Crippen LogP contribution in [-0.2, 0) is 25.6 Å². The molecule has 1 unspecified atom stereocenters. The lowest BCUT2D eigenvalue weighted by molar-refractivity contribution is -0.192. The Kier molecular flexibility index (Phi) is 7.44. The van der Waals surface area contributed by atoms with E-state index in [1.807, 2.05) is 6.92 Å². The number of alkyl halides is 3. The summed E-state index contributed by atoms with van der Waals surface area (Å²) in [7, 11) is 0. The summed E-state index contributed by atoms with van der Waals surface area (Å²) >= 11 is 0. The lowest BCUT2D eigenvalue weighted by atomic mass is 10.1. The van der Waals surface area contributed by atoms with Crippen molar-refractivity contribution in [2.45, 2.75) is 63.2 Å². The molecule has 0 saturated carbocycles. The van der Waals surface area contributed by atoms with Crippen LogP contribution in [0.15, 0.2) is 12.4 Å². The van der Waals surface area contributed by atoms with Crippen molar-refractivity contribution in [3.05, 3.63) is 23.8 Å². The molecule has 31 heavy (non-hydrogen) atoms. The lowest BCUT2D eigenvalue weighted by Gasteiger charge is -2.28. The van der Waals surface area contributed by atoms with Crippen LogP contribution in [0.3, 0.4) is 0 Å². The van der Waals surface area contributed by atoms with Crippen molar-refractivity contribution < 1.29 is 37.3 Å². The molecule has 0 aromatic carbocycles.